The Kier molecular flexibility index (Phi) is 7.02. The molecule has 0 spiro atoms. The zero-order chi connectivity index (χ0) is 15.6. The monoisotopic (exact) mass is 296 g/mol. The summed E-state index contributed by atoms with van der Waals surface area (Å²) in [5.74, 6) is 0.370. The number of rotatable bonds is 9. The largest absolute Gasteiger partial charge is 0.507 e. The van der Waals surface area contributed by atoms with Crippen molar-refractivity contribution in [2.24, 2.45) is 0 Å². The van der Waals surface area contributed by atoms with Gasteiger partial charge in [0.15, 0.2) is 0 Å². The van der Waals surface area contributed by atoms with Crippen LogP contribution in [0.1, 0.15) is 57.4 Å². The van der Waals surface area contributed by atoms with E-state index in [1.807, 2.05) is 18.2 Å². The maximum absolute atomic E-state index is 10.1. The quantitative estimate of drug-likeness (QED) is 0.534. The molecule has 0 bridgehead atoms. The number of hydrogen-bond acceptors (Lipinski definition) is 1. The van der Waals surface area contributed by atoms with Gasteiger partial charge in [-0.15, -0.1) is 0 Å². The van der Waals surface area contributed by atoms with E-state index < -0.39 is 0 Å². The summed E-state index contributed by atoms with van der Waals surface area (Å²) in [6.07, 6.45) is 10.4. The van der Waals surface area contributed by atoms with Gasteiger partial charge in [0.1, 0.15) is 5.75 Å². The number of unbranched alkanes of at least 4 members (excludes halogenated alkanes) is 6. The summed E-state index contributed by atoms with van der Waals surface area (Å²) in [5, 5.41) is 10.1. The van der Waals surface area contributed by atoms with E-state index in [1.54, 1.807) is 6.07 Å². The maximum atomic E-state index is 10.1. The molecule has 0 saturated carbocycles. The predicted molar refractivity (Wildman–Crippen MR) is 95.2 cm³/mol. The number of aromatic hydroxyl groups is 1. The third-order valence-electron chi connectivity index (χ3n) is 4.26. The van der Waals surface area contributed by atoms with Crippen LogP contribution in [0.25, 0.3) is 11.1 Å². The van der Waals surface area contributed by atoms with Crippen LogP contribution in [0.5, 0.6) is 5.75 Å². The number of benzene rings is 2. The number of hydrogen-bond donors (Lipinski definition) is 1. The van der Waals surface area contributed by atoms with Gasteiger partial charge in [0.05, 0.1) is 0 Å². The predicted octanol–water partition coefficient (Wildman–Crippen LogP) is 6.35. The smallest absolute Gasteiger partial charge is 0.123 e. The summed E-state index contributed by atoms with van der Waals surface area (Å²) in [4.78, 5) is 0. The van der Waals surface area contributed by atoms with Crippen molar-refractivity contribution in [3.05, 3.63) is 54.1 Å². The number of aryl methyl sites for hydroxylation is 1. The third-order valence-corrected chi connectivity index (χ3v) is 4.26. The lowest BCUT2D eigenvalue weighted by Gasteiger charge is -2.11. The molecule has 118 valence electrons. The van der Waals surface area contributed by atoms with E-state index in [9.17, 15) is 5.11 Å². The fourth-order valence-electron chi connectivity index (χ4n) is 2.98. The van der Waals surface area contributed by atoms with Crippen LogP contribution in [-0.2, 0) is 6.42 Å². The molecule has 22 heavy (non-hydrogen) atoms. The second-order valence-electron chi connectivity index (χ2n) is 6.05. The van der Waals surface area contributed by atoms with Crippen molar-refractivity contribution >= 4 is 0 Å². The first-order valence-corrected chi connectivity index (χ1v) is 8.69. The van der Waals surface area contributed by atoms with E-state index in [-0.39, 0.29) is 0 Å². The number of phenols is 1. The Morgan fingerprint density at radius 1 is 0.682 bits per heavy atom. The summed E-state index contributed by atoms with van der Waals surface area (Å²) >= 11 is 0. The van der Waals surface area contributed by atoms with Crippen molar-refractivity contribution in [3.63, 3.8) is 0 Å². The molecule has 0 aliphatic rings. The Morgan fingerprint density at radius 3 is 2.00 bits per heavy atom. The minimum atomic E-state index is 0.370. The third kappa shape index (κ3) is 4.91. The summed E-state index contributed by atoms with van der Waals surface area (Å²) in [6, 6.07) is 16.1. The molecule has 1 N–H and O–H groups in total. The highest BCUT2D eigenvalue weighted by Gasteiger charge is 2.07. The molecular formula is C21H28O. The molecule has 0 amide bonds. The Labute approximate surface area is 135 Å². The molecule has 2 aromatic rings. The van der Waals surface area contributed by atoms with Crippen LogP contribution in [0, 0.1) is 0 Å². The van der Waals surface area contributed by atoms with Crippen molar-refractivity contribution in [1.29, 1.82) is 0 Å². The SMILES string of the molecule is CCCCCCCCCc1ccccc1-c1ccccc1O. The summed E-state index contributed by atoms with van der Waals surface area (Å²) in [5.41, 5.74) is 3.46. The highest BCUT2D eigenvalue weighted by Crippen LogP contribution is 2.32. The molecule has 1 heteroatoms. The zero-order valence-corrected chi connectivity index (χ0v) is 13.7. The zero-order valence-electron chi connectivity index (χ0n) is 13.7. The molecule has 0 saturated heterocycles. The average Bonchev–Trinajstić information content (AvgIpc) is 2.55. The highest BCUT2D eigenvalue weighted by molar-refractivity contribution is 5.72. The minimum Gasteiger partial charge on any atom is -0.507 e. The minimum absolute atomic E-state index is 0.370. The van der Waals surface area contributed by atoms with Crippen molar-refractivity contribution < 1.29 is 5.11 Å². The molecule has 0 heterocycles. The molecule has 0 radical (unpaired) electrons. The molecule has 2 aromatic carbocycles. The molecule has 2 rings (SSSR count). The first-order valence-electron chi connectivity index (χ1n) is 8.69. The van der Waals surface area contributed by atoms with Crippen LogP contribution in [0.15, 0.2) is 48.5 Å². The van der Waals surface area contributed by atoms with Crippen LogP contribution < -0.4 is 0 Å². The Morgan fingerprint density at radius 2 is 1.27 bits per heavy atom. The summed E-state index contributed by atoms with van der Waals surface area (Å²) in [6.45, 7) is 2.26. The molecule has 1 nitrogen and oxygen atoms in total. The molecular weight excluding hydrogens is 268 g/mol. The molecule has 0 aromatic heterocycles. The van der Waals surface area contributed by atoms with Gasteiger partial charge >= 0.3 is 0 Å². The lowest BCUT2D eigenvalue weighted by Crippen LogP contribution is -1.91. The topological polar surface area (TPSA) is 20.2 Å². The van der Waals surface area contributed by atoms with E-state index in [1.165, 1.54) is 56.1 Å². The van der Waals surface area contributed by atoms with Gasteiger partial charge in [-0.1, -0.05) is 87.9 Å². The van der Waals surface area contributed by atoms with Crippen molar-refractivity contribution in [1.82, 2.24) is 0 Å². The van der Waals surface area contributed by atoms with Crippen LogP contribution in [-0.4, -0.2) is 5.11 Å². The van der Waals surface area contributed by atoms with E-state index in [0.717, 1.165) is 12.0 Å². The van der Waals surface area contributed by atoms with Gasteiger partial charge in [0, 0.05) is 5.56 Å². The molecule has 0 unspecified atom stereocenters. The Hall–Kier alpha value is -1.76. The average molecular weight is 296 g/mol. The molecule has 0 aliphatic heterocycles. The Balaban J connectivity index is 1.91. The lowest BCUT2D eigenvalue weighted by molar-refractivity contribution is 0.477. The number of phenolic OH excluding ortho intramolecular Hbond substituents is 1. The highest BCUT2D eigenvalue weighted by atomic mass is 16.3. The standard InChI is InChI=1S/C21H28O/c1-2-3-4-5-6-7-8-13-18-14-9-10-15-19(18)20-16-11-12-17-21(20)22/h9-12,14-17,22H,2-8,13H2,1H3. The second-order valence-corrected chi connectivity index (χ2v) is 6.05. The fourth-order valence-corrected chi connectivity index (χ4v) is 2.98. The van der Waals surface area contributed by atoms with Crippen LogP contribution in [0.3, 0.4) is 0 Å². The van der Waals surface area contributed by atoms with Crippen LogP contribution in [0.4, 0.5) is 0 Å². The second kappa shape index (κ2) is 9.30. The first kappa shape index (κ1) is 16.6. The van der Waals surface area contributed by atoms with Gasteiger partial charge < -0.3 is 5.11 Å². The van der Waals surface area contributed by atoms with Gasteiger partial charge in [-0.05, 0) is 30.0 Å². The van der Waals surface area contributed by atoms with E-state index >= 15 is 0 Å². The van der Waals surface area contributed by atoms with Gasteiger partial charge in [-0.2, -0.15) is 0 Å². The summed E-state index contributed by atoms with van der Waals surface area (Å²) < 4.78 is 0. The fraction of sp³-hybridized carbons (Fsp3) is 0.429. The van der Waals surface area contributed by atoms with Crippen molar-refractivity contribution in [3.8, 4) is 16.9 Å². The van der Waals surface area contributed by atoms with Gasteiger partial charge in [-0.25, -0.2) is 0 Å². The van der Waals surface area contributed by atoms with Crippen LogP contribution >= 0.6 is 0 Å². The normalized spacial score (nSPS) is 10.8. The molecule has 0 atom stereocenters. The summed E-state index contributed by atoms with van der Waals surface area (Å²) in [7, 11) is 0. The van der Waals surface area contributed by atoms with Crippen molar-refractivity contribution in [2.45, 2.75) is 58.3 Å². The van der Waals surface area contributed by atoms with E-state index in [2.05, 4.69) is 31.2 Å². The first-order chi connectivity index (χ1) is 10.8. The van der Waals surface area contributed by atoms with Gasteiger partial charge in [0.2, 0.25) is 0 Å². The lowest BCUT2D eigenvalue weighted by atomic mass is 9.95. The van der Waals surface area contributed by atoms with E-state index in [4.69, 9.17) is 0 Å². The molecule has 0 aliphatic carbocycles. The van der Waals surface area contributed by atoms with Crippen molar-refractivity contribution in [2.75, 3.05) is 0 Å². The van der Waals surface area contributed by atoms with Gasteiger partial charge in [-0.3, -0.25) is 0 Å². The molecule has 0 fully saturated rings. The maximum Gasteiger partial charge on any atom is 0.123 e. The Bertz CT molecular complexity index is 559. The van der Waals surface area contributed by atoms with Gasteiger partial charge in [0.25, 0.3) is 0 Å². The number of para-hydroxylation sites is 1. The van der Waals surface area contributed by atoms with Crippen LogP contribution in [0.2, 0.25) is 0 Å². The van der Waals surface area contributed by atoms with E-state index in [0.29, 0.717) is 5.75 Å².